The van der Waals surface area contributed by atoms with Crippen molar-refractivity contribution in [3.05, 3.63) is 0 Å². The van der Waals surface area contributed by atoms with Gasteiger partial charge in [0.1, 0.15) is 0 Å². The second-order valence-corrected chi connectivity index (χ2v) is 5.44. The van der Waals surface area contributed by atoms with Crippen LogP contribution in [0.4, 0.5) is 0 Å². The summed E-state index contributed by atoms with van der Waals surface area (Å²) in [6.45, 7) is 2.61. The molecule has 1 aliphatic rings. The molecule has 1 rings (SSSR count). The summed E-state index contributed by atoms with van der Waals surface area (Å²) < 4.78 is 0. The predicted octanol–water partition coefficient (Wildman–Crippen LogP) is 2.41. The summed E-state index contributed by atoms with van der Waals surface area (Å²) in [7, 11) is 4.18. The Morgan fingerprint density at radius 1 is 1.50 bits per heavy atom. The van der Waals surface area contributed by atoms with E-state index in [1.807, 2.05) is 8.93 Å². The average molecular weight is 271 g/mol. The first kappa shape index (κ1) is 9.13. The number of nitrogens with zero attached hydrogens (tertiary/aromatic N) is 1. The molecular formula is C7H14INS. The second-order valence-electron chi connectivity index (χ2n) is 3.02. The fourth-order valence-electron chi connectivity index (χ4n) is 1.32. The zero-order valence-electron chi connectivity index (χ0n) is 6.35. The van der Waals surface area contributed by atoms with Gasteiger partial charge in [0, 0.05) is 5.75 Å². The predicted molar refractivity (Wildman–Crippen MR) is 56.7 cm³/mol. The molecule has 0 N–H and O–H groups in total. The summed E-state index contributed by atoms with van der Waals surface area (Å²) in [5, 5.41) is 0. The number of rotatable bonds is 2. The Bertz CT molecular complexity index is 91.6. The van der Waals surface area contributed by atoms with E-state index in [9.17, 15) is 0 Å². The van der Waals surface area contributed by atoms with Crippen LogP contribution in [-0.4, -0.2) is 30.8 Å². The molecule has 10 heavy (non-hydrogen) atoms. The van der Waals surface area contributed by atoms with Gasteiger partial charge in [-0.2, -0.15) is 0 Å². The van der Waals surface area contributed by atoms with Crippen molar-refractivity contribution in [2.75, 3.05) is 25.9 Å². The lowest BCUT2D eigenvalue weighted by Gasteiger charge is -2.27. The minimum Gasteiger partial charge on any atom is -0.306 e. The molecule has 1 saturated heterocycles. The monoisotopic (exact) mass is 271 g/mol. The standard InChI is InChI=1S/C7H14INS/c1-9-4-2-7(3-5-9)6-10-8/h7H,2-6H2,1H3. The molecule has 0 aromatic carbocycles. The quantitative estimate of drug-likeness (QED) is 0.709. The number of halogens is 1. The highest BCUT2D eigenvalue weighted by atomic mass is 127. The Balaban J connectivity index is 2.13. The Labute approximate surface area is 79.5 Å². The molecule has 0 unspecified atom stereocenters. The van der Waals surface area contributed by atoms with E-state index in [0.717, 1.165) is 5.92 Å². The van der Waals surface area contributed by atoms with Crippen molar-refractivity contribution in [3.63, 3.8) is 0 Å². The molecule has 3 heteroatoms. The SMILES string of the molecule is CN1CCC(CSI)CC1. The fourth-order valence-corrected chi connectivity index (χ4v) is 3.35. The van der Waals surface area contributed by atoms with E-state index in [4.69, 9.17) is 0 Å². The third-order valence-electron chi connectivity index (χ3n) is 2.14. The van der Waals surface area contributed by atoms with Crippen LogP contribution in [0, 0.1) is 5.92 Å². The minimum absolute atomic E-state index is 0.998. The maximum Gasteiger partial charge on any atom is 0.00628 e. The zero-order valence-corrected chi connectivity index (χ0v) is 9.32. The van der Waals surface area contributed by atoms with Crippen molar-refractivity contribution in [2.24, 2.45) is 5.92 Å². The third kappa shape index (κ3) is 2.96. The smallest absolute Gasteiger partial charge is 0.00628 e. The molecule has 1 heterocycles. The number of likely N-dealkylation sites (tertiary alicyclic amines) is 1. The van der Waals surface area contributed by atoms with Gasteiger partial charge in [0.2, 0.25) is 0 Å². The Kier molecular flexibility index (Phi) is 4.41. The fraction of sp³-hybridized carbons (Fsp3) is 1.00. The van der Waals surface area contributed by atoms with Crippen LogP contribution in [0.15, 0.2) is 0 Å². The van der Waals surface area contributed by atoms with Gasteiger partial charge < -0.3 is 4.90 Å². The molecule has 0 aromatic rings. The largest absolute Gasteiger partial charge is 0.306 e. The van der Waals surface area contributed by atoms with Crippen LogP contribution in [0.3, 0.4) is 0 Å². The topological polar surface area (TPSA) is 3.24 Å². The van der Waals surface area contributed by atoms with E-state index < -0.39 is 0 Å². The molecule has 60 valence electrons. The molecule has 1 aliphatic heterocycles. The average Bonchev–Trinajstić information content (AvgIpc) is 1.95. The van der Waals surface area contributed by atoms with Gasteiger partial charge in [0.25, 0.3) is 0 Å². The highest BCUT2D eigenvalue weighted by Crippen LogP contribution is 2.23. The highest BCUT2D eigenvalue weighted by molar-refractivity contribution is 14.2. The van der Waals surface area contributed by atoms with Gasteiger partial charge in [-0.1, -0.05) is 8.93 Å². The van der Waals surface area contributed by atoms with Gasteiger partial charge in [-0.25, -0.2) is 0 Å². The Morgan fingerprint density at radius 2 is 2.10 bits per heavy atom. The van der Waals surface area contributed by atoms with E-state index in [2.05, 4.69) is 33.2 Å². The van der Waals surface area contributed by atoms with E-state index in [1.54, 1.807) is 0 Å². The normalized spacial score (nSPS) is 23.4. The summed E-state index contributed by atoms with van der Waals surface area (Å²) in [6.07, 6.45) is 2.82. The first-order valence-corrected chi connectivity index (χ1v) is 7.28. The number of hydrogen-bond donors (Lipinski definition) is 0. The second kappa shape index (κ2) is 4.83. The molecule has 0 aromatic heterocycles. The van der Waals surface area contributed by atoms with E-state index >= 15 is 0 Å². The van der Waals surface area contributed by atoms with Crippen LogP contribution in [0.1, 0.15) is 12.8 Å². The van der Waals surface area contributed by atoms with Gasteiger partial charge in [0.05, 0.1) is 0 Å². The van der Waals surface area contributed by atoms with Gasteiger partial charge in [-0.3, -0.25) is 0 Å². The molecule has 1 nitrogen and oxygen atoms in total. The Morgan fingerprint density at radius 3 is 2.60 bits per heavy atom. The molecule has 0 aliphatic carbocycles. The van der Waals surface area contributed by atoms with Gasteiger partial charge in [-0.15, -0.1) is 0 Å². The molecule has 0 atom stereocenters. The van der Waals surface area contributed by atoms with Gasteiger partial charge >= 0.3 is 0 Å². The summed E-state index contributed by atoms with van der Waals surface area (Å²) in [4.78, 5) is 2.42. The summed E-state index contributed by atoms with van der Waals surface area (Å²) in [6, 6.07) is 0. The lowest BCUT2D eigenvalue weighted by molar-refractivity contribution is 0.233. The Hall–Kier alpha value is 1.04. The van der Waals surface area contributed by atoms with Crippen LogP contribution in [0.25, 0.3) is 0 Å². The molecule has 0 amide bonds. The lowest BCUT2D eigenvalue weighted by Crippen LogP contribution is -2.30. The van der Waals surface area contributed by atoms with E-state index in [-0.39, 0.29) is 0 Å². The highest BCUT2D eigenvalue weighted by Gasteiger charge is 2.15. The molecule has 0 spiro atoms. The first-order valence-electron chi connectivity index (χ1n) is 3.75. The van der Waals surface area contributed by atoms with Crippen molar-refractivity contribution in [2.45, 2.75) is 12.8 Å². The van der Waals surface area contributed by atoms with Crippen molar-refractivity contribution in [1.82, 2.24) is 4.90 Å². The molecule has 0 radical (unpaired) electrons. The van der Waals surface area contributed by atoms with Crippen LogP contribution in [0.5, 0.6) is 0 Å². The molecule has 0 bridgehead atoms. The zero-order chi connectivity index (χ0) is 7.40. The summed E-state index contributed by atoms with van der Waals surface area (Å²) in [5.41, 5.74) is 0. The minimum atomic E-state index is 0.998. The lowest BCUT2D eigenvalue weighted by atomic mass is 10.00. The van der Waals surface area contributed by atoms with Crippen LogP contribution in [-0.2, 0) is 0 Å². The molecule has 0 saturated carbocycles. The number of hydrogen-bond acceptors (Lipinski definition) is 2. The van der Waals surface area contributed by atoms with Gasteiger partial charge in [-0.05, 0) is 60.1 Å². The van der Waals surface area contributed by atoms with Crippen LogP contribution in [0.2, 0.25) is 0 Å². The maximum atomic E-state index is 2.42. The molecule has 1 fully saturated rings. The van der Waals surface area contributed by atoms with E-state index in [1.165, 1.54) is 31.7 Å². The van der Waals surface area contributed by atoms with E-state index in [0.29, 0.717) is 0 Å². The summed E-state index contributed by atoms with van der Waals surface area (Å²) in [5.74, 6) is 2.35. The van der Waals surface area contributed by atoms with Gasteiger partial charge in [0.15, 0.2) is 0 Å². The van der Waals surface area contributed by atoms with Crippen molar-refractivity contribution >= 4 is 30.1 Å². The maximum absolute atomic E-state index is 2.42. The third-order valence-corrected chi connectivity index (χ3v) is 3.81. The van der Waals surface area contributed by atoms with Crippen LogP contribution < -0.4 is 0 Å². The molecular weight excluding hydrogens is 257 g/mol. The van der Waals surface area contributed by atoms with Crippen LogP contribution >= 0.6 is 30.1 Å². The summed E-state index contributed by atoms with van der Waals surface area (Å²) >= 11 is 2.40. The first-order chi connectivity index (χ1) is 4.83. The number of piperidine rings is 1. The van der Waals surface area contributed by atoms with Crippen molar-refractivity contribution in [3.8, 4) is 0 Å². The van der Waals surface area contributed by atoms with Crippen molar-refractivity contribution in [1.29, 1.82) is 0 Å². The van der Waals surface area contributed by atoms with Crippen molar-refractivity contribution < 1.29 is 0 Å².